The first kappa shape index (κ1) is 27.9. The molecule has 0 amide bonds. The number of hydrogen-bond acceptors (Lipinski definition) is 10. The van der Waals surface area contributed by atoms with Gasteiger partial charge in [-0.3, -0.25) is 4.18 Å². The monoisotopic (exact) mass is 466 g/mol. The summed E-state index contributed by atoms with van der Waals surface area (Å²) in [7, 11) is -3.74. The van der Waals surface area contributed by atoms with E-state index < -0.39 is 10.1 Å². The number of aliphatic hydroxyl groups excluding tert-OH is 1. The van der Waals surface area contributed by atoms with Crippen LogP contribution in [0.4, 0.5) is 0 Å². The third-order valence-electron chi connectivity index (χ3n) is 3.59. The molecule has 0 aliphatic carbocycles. The van der Waals surface area contributed by atoms with Crippen LogP contribution in [-0.2, 0) is 42.7 Å². The van der Waals surface area contributed by atoms with E-state index >= 15 is 0 Å². The molecule has 0 unspecified atom stereocenters. The number of ether oxygens (including phenoxy) is 6. The first-order valence-corrected chi connectivity index (χ1v) is 11.6. The fraction of sp³-hybridized carbons (Fsp3) is 0.700. The van der Waals surface area contributed by atoms with Crippen LogP contribution in [0.2, 0.25) is 0 Å². The highest BCUT2D eigenvalue weighted by Crippen LogP contribution is 2.10. The van der Waals surface area contributed by atoms with Gasteiger partial charge in [-0.05, 0) is 12.1 Å². The molecule has 0 heterocycles. The highest BCUT2D eigenvalue weighted by atomic mass is 32.2. The predicted molar refractivity (Wildman–Crippen MR) is 112 cm³/mol. The van der Waals surface area contributed by atoms with E-state index in [0.717, 1.165) is 0 Å². The Balaban J connectivity index is 1.77. The molecule has 31 heavy (non-hydrogen) atoms. The Hall–Kier alpha value is -1.15. The summed E-state index contributed by atoms with van der Waals surface area (Å²) < 4.78 is 60.3. The molecule has 0 aliphatic rings. The molecule has 0 radical (unpaired) electrons. The Labute approximate surface area is 184 Å². The first-order valence-electron chi connectivity index (χ1n) is 10.2. The van der Waals surface area contributed by atoms with Crippen LogP contribution in [0.5, 0.6) is 0 Å². The zero-order valence-corrected chi connectivity index (χ0v) is 18.6. The van der Waals surface area contributed by atoms with Gasteiger partial charge in [-0.1, -0.05) is 18.2 Å². The molecule has 1 rings (SSSR count). The van der Waals surface area contributed by atoms with Gasteiger partial charge in [0.15, 0.2) is 0 Å². The van der Waals surface area contributed by atoms with Crippen molar-refractivity contribution in [1.82, 2.24) is 0 Å². The summed E-state index contributed by atoms with van der Waals surface area (Å²) in [6, 6.07) is 7.97. The number of benzene rings is 1. The van der Waals surface area contributed by atoms with E-state index in [1.165, 1.54) is 12.1 Å². The molecule has 0 saturated heterocycles. The van der Waals surface area contributed by atoms with Crippen LogP contribution < -0.4 is 0 Å². The van der Waals surface area contributed by atoms with Crippen molar-refractivity contribution in [3.8, 4) is 0 Å². The van der Waals surface area contributed by atoms with Crippen molar-refractivity contribution in [2.45, 2.75) is 4.90 Å². The summed E-state index contributed by atoms with van der Waals surface area (Å²) in [5.74, 6) is 0. The Bertz CT molecular complexity index is 612. The van der Waals surface area contributed by atoms with Gasteiger partial charge in [0.05, 0.1) is 97.4 Å². The fourth-order valence-corrected chi connectivity index (χ4v) is 3.04. The van der Waals surface area contributed by atoms with Gasteiger partial charge in [0, 0.05) is 0 Å². The second-order valence-corrected chi connectivity index (χ2v) is 7.60. The lowest BCUT2D eigenvalue weighted by Gasteiger charge is -2.08. The minimum absolute atomic E-state index is 0.0151. The van der Waals surface area contributed by atoms with Crippen LogP contribution in [0.3, 0.4) is 0 Å². The molecule has 0 saturated carbocycles. The second-order valence-electron chi connectivity index (χ2n) is 5.99. The van der Waals surface area contributed by atoms with Gasteiger partial charge in [0.2, 0.25) is 0 Å². The van der Waals surface area contributed by atoms with Gasteiger partial charge in [-0.25, -0.2) is 0 Å². The third kappa shape index (κ3) is 16.2. The van der Waals surface area contributed by atoms with Crippen molar-refractivity contribution in [2.75, 3.05) is 92.5 Å². The quantitative estimate of drug-likeness (QED) is 0.191. The zero-order chi connectivity index (χ0) is 22.5. The molecule has 1 aromatic carbocycles. The summed E-state index contributed by atoms with van der Waals surface area (Å²) in [5.41, 5.74) is 0. The van der Waals surface area contributed by atoms with E-state index in [1.807, 2.05) is 0 Å². The average molecular weight is 467 g/mol. The zero-order valence-electron chi connectivity index (χ0n) is 17.8. The highest BCUT2D eigenvalue weighted by molar-refractivity contribution is 7.86. The van der Waals surface area contributed by atoms with E-state index in [4.69, 9.17) is 37.7 Å². The third-order valence-corrected chi connectivity index (χ3v) is 4.92. The number of hydrogen-bond donors (Lipinski definition) is 1. The van der Waals surface area contributed by atoms with E-state index in [9.17, 15) is 8.42 Å². The molecule has 0 aliphatic heterocycles. The van der Waals surface area contributed by atoms with Crippen LogP contribution in [0.15, 0.2) is 35.2 Å². The number of aliphatic hydroxyl groups is 1. The van der Waals surface area contributed by atoms with E-state index in [0.29, 0.717) is 72.7 Å². The lowest BCUT2D eigenvalue weighted by molar-refractivity contribution is -0.0190. The van der Waals surface area contributed by atoms with E-state index in [2.05, 4.69) is 0 Å². The summed E-state index contributed by atoms with van der Waals surface area (Å²) in [5, 5.41) is 8.53. The van der Waals surface area contributed by atoms with Crippen LogP contribution in [0, 0.1) is 0 Å². The van der Waals surface area contributed by atoms with Crippen molar-refractivity contribution in [3.63, 3.8) is 0 Å². The van der Waals surface area contributed by atoms with Crippen molar-refractivity contribution >= 4 is 10.1 Å². The minimum atomic E-state index is -3.74. The molecule has 1 N–H and O–H groups in total. The predicted octanol–water partition coefficient (Wildman–Crippen LogP) is 0.484. The SMILES string of the molecule is O=S(=O)(OCCOCCOCCOCCOCCOCCOCCO)c1ccccc1. The average Bonchev–Trinajstić information content (AvgIpc) is 2.78. The smallest absolute Gasteiger partial charge is 0.297 e. The van der Waals surface area contributed by atoms with Crippen LogP contribution in [0.25, 0.3) is 0 Å². The summed E-state index contributed by atoms with van der Waals surface area (Å²) in [6.45, 7) is 4.86. The van der Waals surface area contributed by atoms with Crippen molar-refractivity contribution < 1.29 is 46.1 Å². The standard InChI is InChI=1S/C20H34O10S/c21-6-7-24-8-9-25-10-11-26-12-13-27-14-15-28-16-17-29-18-19-30-31(22,23)20-4-2-1-3-5-20/h1-5,21H,6-19H2. The van der Waals surface area contributed by atoms with Gasteiger partial charge < -0.3 is 33.5 Å². The molecule has 0 fully saturated rings. The summed E-state index contributed by atoms with van der Waals surface area (Å²) in [6.07, 6.45) is 0. The van der Waals surface area contributed by atoms with Crippen LogP contribution in [0.1, 0.15) is 0 Å². The van der Waals surface area contributed by atoms with Crippen molar-refractivity contribution in [1.29, 1.82) is 0 Å². The van der Waals surface area contributed by atoms with Gasteiger partial charge in [0.25, 0.3) is 10.1 Å². The first-order chi connectivity index (χ1) is 15.2. The normalized spacial score (nSPS) is 11.8. The van der Waals surface area contributed by atoms with Crippen LogP contribution in [-0.4, -0.2) is 106 Å². The van der Waals surface area contributed by atoms with E-state index in [1.54, 1.807) is 18.2 Å². The molecular weight excluding hydrogens is 432 g/mol. The Morgan fingerprint density at radius 1 is 0.548 bits per heavy atom. The van der Waals surface area contributed by atoms with E-state index in [-0.39, 0.29) is 24.7 Å². The minimum Gasteiger partial charge on any atom is -0.394 e. The molecule has 10 nitrogen and oxygen atoms in total. The Kier molecular flexibility index (Phi) is 17.6. The topological polar surface area (TPSA) is 119 Å². The molecule has 11 heteroatoms. The number of rotatable bonds is 22. The molecule has 1 aromatic rings. The molecule has 180 valence electrons. The maximum atomic E-state index is 11.9. The Morgan fingerprint density at radius 3 is 1.29 bits per heavy atom. The molecule has 0 bridgehead atoms. The Morgan fingerprint density at radius 2 is 0.903 bits per heavy atom. The molecule has 0 aromatic heterocycles. The molecule has 0 atom stereocenters. The van der Waals surface area contributed by atoms with Gasteiger partial charge in [-0.2, -0.15) is 8.42 Å². The maximum Gasteiger partial charge on any atom is 0.297 e. The summed E-state index contributed by atoms with van der Waals surface area (Å²) in [4.78, 5) is 0.123. The molecular formula is C20H34O10S. The lowest BCUT2D eigenvalue weighted by atomic mass is 10.4. The van der Waals surface area contributed by atoms with Gasteiger partial charge >= 0.3 is 0 Å². The van der Waals surface area contributed by atoms with Crippen molar-refractivity contribution in [3.05, 3.63) is 30.3 Å². The highest BCUT2D eigenvalue weighted by Gasteiger charge is 2.13. The lowest BCUT2D eigenvalue weighted by Crippen LogP contribution is -2.15. The largest absolute Gasteiger partial charge is 0.394 e. The second kappa shape index (κ2) is 19.5. The van der Waals surface area contributed by atoms with Gasteiger partial charge in [-0.15, -0.1) is 0 Å². The van der Waals surface area contributed by atoms with Crippen LogP contribution >= 0.6 is 0 Å². The fourth-order valence-electron chi connectivity index (χ4n) is 2.12. The maximum absolute atomic E-state index is 11.9. The molecule has 0 spiro atoms. The van der Waals surface area contributed by atoms with Gasteiger partial charge in [0.1, 0.15) is 0 Å². The summed E-state index contributed by atoms with van der Waals surface area (Å²) >= 11 is 0. The van der Waals surface area contributed by atoms with Crippen molar-refractivity contribution in [2.24, 2.45) is 0 Å².